The smallest absolute Gasteiger partial charge is 0.232 e. The Bertz CT molecular complexity index is 1850. The molecule has 12 heteroatoms. The minimum Gasteiger partial charge on any atom is -0.451 e. The SMILES string of the molecule is CC(O)(c1cccc(CS(=O)(=O)CC(N)=O)c1)c1cnc(-c2cccc(Oc3c(F)cc4[nH]ccc4c3F)c2)[nH]1. The number of carbonyl (C=O) groups is 1. The van der Waals surface area contributed by atoms with Crippen molar-refractivity contribution >= 4 is 26.6 Å². The van der Waals surface area contributed by atoms with Crippen LogP contribution in [0, 0.1) is 11.6 Å². The van der Waals surface area contributed by atoms with Crippen molar-refractivity contribution in [2.24, 2.45) is 5.73 Å². The van der Waals surface area contributed by atoms with E-state index >= 15 is 0 Å². The third-order valence-corrected chi connectivity index (χ3v) is 7.87. The molecule has 0 saturated heterocycles. The normalized spacial score (nSPS) is 13.3. The van der Waals surface area contributed by atoms with Crippen molar-refractivity contribution < 1.29 is 31.8 Å². The number of hydrogen-bond donors (Lipinski definition) is 4. The van der Waals surface area contributed by atoms with Crippen LogP contribution in [0.4, 0.5) is 8.78 Å². The van der Waals surface area contributed by atoms with Crippen molar-refractivity contribution in [3.05, 3.63) is 102 Å². The van der Waals surface area contributed by atoms with Gasteiger partial charge in [0.15, 0.2) is 27.2 Å². The van der Waals surface area contributed by atoms with Gasteiger partial charge in [-0.25, -0.2) is 22.2 Å². The number of sulfone groups is 1. The van der Waals surface area contributed by atoms with E-state index in [1.807, 2.05) is 0 Å². The third-order valence-electron chi connectivity index (χ3n) is 6.37. The highest BCUT2D eigenvalue weighted by Crippen LogP contribution is 2.35. The average molecular weight is 567 g/mol. The van der Waals surface area contributed by atoms with E-state index in [0.717, 1.165) is 6.07 Å². The van der Waals surface area contributed by atoms with Crippen molar-refractivity contribution in [3.8, 4) is 22.9 Å². The highest BCUT2D eigenvalue weighted by atomic mass is 32.2. The van der Waals surface area contributed by atoms with Crippen LogP contribution >= 0.6 is 0 Å². The number of halogens is 2. The number of H-pyrrole nitrogens is 2. The number of nitrogens with two attached hydrogens (primary N) is 1. The number of nitrogens with zero attached hydrogens (tertiary/aromatic N) is 1. The number of aromatic amines is 2. The van der Waals surface area contributed by atoms with Crippen LogP contribution in [0.1, 0.15) is 23.7 Å². The summed E-state index contributed by atoms with van der Waals surface area (Å²) in [5, 5.41) is 11.6. The molecule has 2 heterocycles. The number of primary amides is 1. The monoisotopic (exact) mass is 566 g/mol. The van der Waals surface area contributed by atoms with Gasteiger partial charge in [-0.3, -0.25) is 4.79 Å². The van der Waals surface area contributed by atoms with Crippen LogP contribution in [-0.2, 0) is 26.0 Å². The Morgan fingerprint density at radius 1 is 1.12 bits per heavy atom. The lowest BCUT2D eigenvalue weighted by Gasteiger charge is -2.23. The van der Waals surface area contributed by atoms with Crippen LogP contribution in [0.2, 0.25) is 0 Å². The van der Waals surface area contributed by atoms with Crippen molar-refractivity contribution in [1.82, 2.24) is 15.0 Å². The topological polar surface area (TPSA) is 151 Å². The Morgan fingerprint density at radius 2 is 1.90 bits per heavy atom. The summed E-state index contributed by atoms with van der Waals surface area (Å²) in [6.07, 6.45) is 2.93. The van der Waals surface area contributed by atoms with Gasteiger partial charge >= 0.3 is 0 Å². The van der Waals surface area contributed by atoms with Gasteiger partial charge in [0.1, 0.15) is 22.9 Å². The van der Waals surface area contributed by atoms with E-state index in [0.29, 0.717) is 33.7 Å². The first-order valence-electron chi connectivity index (χ1n) is 12.0. The highest BCUT2D eigenvalue weighted by molar-refractivity contribution is 7.91. The molecule has 0 aliphatic rings. The van der Waals surface area contributed by atoms with Crippen LogP contribution < -0.4 is 10.5 Å². The summed E-state index contributed by atoms with van der Waals surface area (Å²) in [4.78, 5) is 21.2. The molecule has 3 aromatic carbocycles. The lowest BCUT2D eigenvalue weighted by molar-refractivity contribution is -0.115. The number of imidazole rings is 1. The summed E-state index contributed by atoms with van der Waals surface area (Å²) < 4.78 is 59.4. The maximum atomic E-state index is 14.9. The largest absolute Gasteiger partial charge is 0.451 e. The Kier molecular flexibility index (Phi) is 6.90. The van der Waals surface area contributed by atoms with Gasteiger partial charge in [-0.05, 0) is 36.2 Å². The summed E-state index contributed by atoms with van der Waals surface area (Å²) in [5.41, 5.74) is 5.33. The molecule has 0 spiro atoms. The van der Waals surface area contributed by atoms with Crippen LogP contribution in [0.3, 0.4) is 0 Å². The van der Waals surface area contributed by atoms with E-state index in [9.17, 15) is 27.1 Å². The molecule has 0 fully saturated rings. The van der Waals surface area contributed by atoms with E-state index in [1.54, 1.807) is 42.5 Å². The van der Waals surface area contributed by atoms with Gasteiger partial charge in [0, 0.05) is 23.2 Å². The summed E-state index contributed by atoms with van der Waals surface area (Å²) >= 11 is 0. The molecule has 0 bridgehead atoms. The fourth-order valence-electron chi connectivity index (χ4n) is 4.39. The Morgan fingerprint density at radius 3 is 2.67 bits per heavy atom. The number of ether oxygens (including phenoxy) is 1. The number of amides is 1. The predicted molar refractivity (Wildman–Crippen MR) is 144 cm³/mol. The van der Waals surface area contributed by atoms with Gasteiger partial charge in [0.25, 0.3) is 0 Å². The summed E-state index contributed by atoms with van der Waals surface area (Å²) in [5.74, 6) is -3.85. The maximum Gasteiger partial charge on any atom is 0.232 e. The molecule has 1 atom stereocenters. The number of aromatic nitrogens is 3. The molecule has 0 aliphatic heterocycles. The van der Waals surface area contributed by atoms with Gasteiger partial charge in [-0.15, -0.1) is 0 Å². The molecule has 0 radical (unpaired) electrons. The fourth-order valence-corrected chi connectivity index (χ4v) is 5.61. The number of benzene rings is 3. The van der Waals surface area contributed by atoms with E-state index in [-0.39, 0.29) is 11.1 Å². The first kappa shape index (κ1) is 27.0. The van der Waals surface area contributed by atoms with Crippen molar-refractivity contribution in [2.45, 2.75) is 18.3 Å². The second-order valence-electron chi connectivity index (χ2n) is 9.49. The number of rotatable bonds is 9. The number of nitrogens with one attached hydrogen (secondary N) is 2. The first-order valence-corrected chi connectivity index (χ1v) is 13.8. The molecule has 2 aromatic heterocycles. The molecule has 0 saturated carbocycles. The highest BCUT2D eigenvalue weighted by Gasteiger charge is 2.29. The van der Waals surface area contributed by atoms with Crippen molar-refractivity contribution in [1.29, 1.82) is 0 Å². The minimum absolute atomic E-state index is 0.166. The standard InChI is InChI=1S/C28H24F2N4O5S/c1-28(36,18-6-2-4-16(10-18)14-40(37,38)15-24(31)35)23-13-33-27(34-23)17-5-3-7-19(11-17)39-26-21(29)12-22-20(25(26)30)8-9-32-22/h2-13,32,36H,14-15H2,1H3,(H2,31,35)(H,33,34). The van der Waals surface area contributed by atoms with Gasteiger partial charge in [-0.2, -0.15) is 0 Å². The molecular formula is C28H24F2N4O5S. The van der Waals surface area contributed by atoms with Gasteiger partial charge in [0.2, 0.25) is 5.91 Å². The predicted octanol–water partition coefficient (Wildman–Crippen LogP) is 4.28. The summed E-state index contributed by atoms with van der Waals surface area (Å²) in [6, 6.07) is 15.4. The Balaban J connectivity index is 1.40. The molecule has 9 nitrogen and oxygen atoms in total. The van der Waals surface area contributed by atoms with E-state index in [1.165, 1.54) is 31.5 Å². The van der Waals surface area contributed by atoms with Crippen molar-refractivity contribution in [3.63, 3.8) is 0 Å². The van der Waals surface area contributed by atoms with E-state index in [2.05, 4.69) is 15.0 Å². The second-order valence-corrected chi connectivity index (χ2v) is 11.6. The summed E-state index contributed by atoms with van der Waals surface area (Å²) in [7, 11) is -3.77. The quantitative estimate of drug-likeness (QED) is 0.209. The first-order chi connectivity index (χ1) is 18.9. The van der Waals surface area contributed by atoms with Crippen LogP contribution in [-0.4, -0.2) is 40.1 Å². The maximum absolute atomic E-state index is 14.9. The van der Waals surface area contributed by atoms with Crippen LogP contribution in [0.15, 0.2) is 73.1 Å². The number of fused-ring (bicyclic) bond motifs is 1. The Labute approximate surface area is 227 Å². The van der Waals surface area contributed by atoms with Gasteiger partial charge in [0.05, 0.1) is 23.2 Å². The number of carbonyl (C=O) groups excluding carboxylic acids is 1. The molecule has 5 N–H and O–H groups in total. The number of aliphatic hydroxyl groups is 1. The Hall–Kier alpha value is -4.55. The van der Waals surface area contributed by atoms with Crippen LogP contribution in [0.25, 0.3) is 22.3 Å². The van der Waals surface area contributed by atoms with E-state index in [4.69, 9.17) is 10.5 Å². The second kappa shape index (κ2) is 10.2. The minimum atomic E-state index is -3.77. The molecule has 0 aliphatic carbocycles. The molecular weight excluding hydrogens is 542 g/mol. The number of hydrogen-bond acceptors (Lipinski definition) is 6. The molecule has 5 rings (SSSR count). The lowest BCUT2D eigenvalue weighted by atomic mass is 9.92. The van der Waals surface area contributed by atoms with E-state index < -0.39 is 50.2 Å². The van der Waals surface area contributed by atoms with Gasteiger partial charge in [-0.1, -0.05) is 36.4 Å². The lowest BCUT2D eigenvalue weighted by Crippen LogP contribution is -2.25. The summed E-state index contributed by atoms with van der Waals surface area (Å²) in [6.45, 7) is 1.52. The molecule has 5 aromatic rings. The van der Waals surface area contributed by atoms with Crippen molar-refractivity contribution in [2.75, 3.05) is 5.75 Å². The molecule has 1 amide bonds. The third kappa shape index (κ3) is 5.44. The average Bonchev–Trinajstić information content (AvgIpc) is 3.56. The van der Waals surface area contributed by atoms with Crippen LogP contribution in [0.5, 0.6) is 11.5 Å². The van der Waals surface area contributed by atoms with Gasteiger partial charge < -0.3 is 25.5 Å². The zero-order chi connectivity index (χ0) is 28.7. The molecule has 206 valence electrons. The molecule has 40 heavy (non-hydrogen) atoms. The fraction of sp³-hybridized carbons (Fsp3) is 0.143. The molecule has 1 unspecified atom stereocenters. The zero-order valence-corrected chi connectivity index (χ0v) is 21.9. The zero-order valence-electron chi connectivity index (χ0n) is 21.1.